The first-order chi connectivity index (χ1) is 11.6. The van der Waals surface area contributed by atoms with E-state index in [0.29, 0.717) is 43.3 Å². The van der Waals surface area contributed by atoms with Crippen LogP contribution in [0.2, 0.25) is 0 Å². The zero-order valence-corrected chi connectivity index (χ0v) is 13.3. The number of carbonyl (C=O) groups excluding carboxylic acids is 2. The first-order valence-corrected chi connectivity index (χ1v) is 7.64. The maximum Gasteiger partial charge on any atom is 0.274 e. The van der Waals surface area contributed by atoms with Gasteiger partial charge in [-0.2, -0.15) is 0 Å². The van der Waals surface area contributed by atoms with E-state index in [0.717, 1.165) is 5.69 Å². The molecule has 0 spiro atoms. The number of aryl methyl sites for hydroxylation is 1. The highest BCUT2D eigenvalue weighted by Crippen LogP contribution is 2.19. The lowest BCUT2D eigenvalue weighted by Gasteiger charge is -2.35. The molecule has 3 rings (SSSR count). The highest BCUT2D eigenvalue weighted by atomic mass is 16.2. The lowest BCUT2D eigenvalue weighted by atomic mass is 10.2. The Labute approximate surface area is 139 Å². The summed E-state index contributed by atoms with van der Waals surface area (Å²) < 4.78 is 0. The largest absolute Gasteiger partial charge is 0.365 e. The molecule has 3 heterocycles. The Balaban J connectivity index is 1.69. The van der Waals surface area contributed by atoms with Gasteiger partial charge in [-0.15, -0.1) is 0 Å². The molecule has 124 valence electrons. The summed E-state index contributed by atoms with van der Waals surface area (Å²) in [6.07, 6.45) is 4.70. The van der Waals surface area contributed by atoms with E-state index in [1.54, 1.807) is 29.4 Å². The van der Waals surface area contributed by atoms with Crippen LogP contribution in [0.1, 0.15) is 26.5 Å². The molecule has 24 heavy (non-hydrogen) atoms. The van der Waals surface area contributed by atoms with Crippen molar-refractivity contribution in [2.24, 2.45) is 5.73 Å². The third kappa shape index (κ3) is 3.17. The Morgan fingerprint density at radius 1 is 1.08 bits per heavy atom. The average Bonchev–Trinajstić information content (AvgIpc) is 2.62. The van der Waals surface area contributed by atoms with Crippen LogP contribution in [0.3, 0.4) is 0 Å². The zero-order valence-electron chi connectivity index (χ0n) is 13.3. The third-order valence-electron chi connectivity index (χ3n) is 3.92. The minimum Gasteiger partial charge on any atom is -0.365 e. The lowest BCUT2D eigenvalue weighted by Crippen LogP contribution is -2.49. The van der Waals surface area contributed by atoms with Gasteiger partial charge in [0.25, 0.3) is 11.8 Å². The van der Waals surface area contributed by atoms with Gasteiger partial charge in [-0.3, -0.25) is 14.6 Å². The van der Waals surface area contributed by atoms with E-state index in [4.69, 9.17) is 5.73 Å². The fraction of sp³-hybridized carbons (Fsp3) is 0.312. The first kappa shape index (κ1) is 15.9. The van der Waals surface area contributed by atoms with Crippen molar-refractivity contribution < 1.29 is 9.59 Å². The summed E-state index contributed by atoms with van der Waals surface area (Å²) in [6, 6.07) is 3.34. The molecule has 0 atom stereocenters. The Morgan fingerprint density at radius 3 is 2.46 bits per heavy atom. The van der Waals surface area contributed by atoms with Gasteiger partial charge in [-0.25, -0.2) is 9.97 Å². The van der Waals surface area contributed by atoms with Crippen molar-refractivity contribution in [3.63, 3.8) is 0 Å². The van der Waals surface area contributed by atoms with E-state index in [1.165, 1.54) is 6.20 Å². The lowest BCUT2D eigenvalue weighted by molar-refractivity contribution is 0.0739. The normalized spacial score (nSPS) is 14.5. The summed E-state index contributed by atoms with van der Waals surface area (Å²) in [4.78, 5) is 40.2. The summed E-state index contributed by atoms with van der Waals surface area (Å²) >= 11 is 0. The summed E-state index contributed by atoms with van der Waals surface area (Å²) in [7, 11) is 0. The molecule has 8 heteroatoms. The van der Waals surface area contributed by atoms with Crippen molar-refractivity contribution in [2.75, 3.05) is 31.1 Å². The molecule has 1 fully saturated rings. The van der Waals surface area contributed by atoms with Crippen molar-refractivity contribution in [3.05, 3.63) is 47.7 Å². The van der Waals surface area contributed by atoms with Gasteiger partial charge in [0, 0.05) is 38.6 Å². The van der Waals surface area contributed by atoms with Crippen molar-refractivity contribution >= 4 is 17.6 Å². The molecule has 0 radical (unpaired) electrons. The smallest absolute Gasteiger partial charge is 0.274 e. The van der Waals surface area contributed by atoms with Crippen molar-refractivity contribution in [3.8, 4) is 0 Å². The Bertz CT molecular complexity index is 753. The van der Waals surface area contributed by atoms with Gasteiger partial charge in [0.2, 0.25) is 0 Å². The number of primary amides is 1. The number of nitrogens with two attached hydrogens (primary N) is 1. The molecule has 2 amide bonds. The highest BCUT2D eigenvalue weighted by Gasteiger charge is 2.25. The van der Waals surface area contributed by atoms with Crippen LogP contribution in [0.4, 0.5) is 5.82 Å². The predicted octanol–water partition coefficient (Wildman–Crippen LogP) is 0.241. The van der Waals surface area contributed by atoms with Gasteiger partial charge in [-0.05, 0) is 19.1 Å². The molecule has 1 aliphatic rings. The maximum atomic E-state index is 12.4. The van der Waals surface area contributed by atoms with E-state index in [1.807, 2.05) is 11.8 Å². The topological polar surface area (TPSA) is 105 Å². The summed E-state index contributed by atoms with van der Waals surface area (Å²) in [6.45, 7) is 4.00. The van der Waals surface area contributed by atoms with E-state index >= 15 is 0 Å². The quantitative estimate of drug-likeness (QED) is 0.866. The van der Waals surface area contributed by atoms with Crippen molar-refractivity contribution in [1.29, 1.82) is 0 Å². The van der Waals surface area contributed by atoms with Gasteiger partial charge in [0.1, 0.15) is 11.5 Å². The predicted molar refractivity (Wildman–Crippen MR) is 87.6 cm³/mol. The molecule has 0 saturated carbocycles. The number of nitrogens with zero attached hydrogens (tertiary/aromatic N) is 5. The number of rotatable bonds is 3. The summed E-state index contributed by atoms with van der Waals surface area (Å²) in [5, 5.41) is 0. The standard InChI is InChI=1S/C16H18N6O2/c1-11-9-20-13(10-19-11)16(24)22-7-5-21(6-8-22)15-12(14(17)23)3-2-4-18-15/h2-4,9-10H,5-8H2,1H3,(H2,17,23). The van der Waals surface area contributed by atoms with E-state index < -0.39 is 5.91 Å². The average molecular weight is 326 g/mol. The highest BCUT2D eigenvalue weighted by molar-refractivity contribution is 5.97. The zero-order chi connectivity index (χ0) is 17.1. The molecule has 0 bridgehead atoms. The van der Waals surface area contributed by atoms with Crippen molar-refractivity contribution in [2.45, 2.75) is 6.92 Å². The van der Waals surface area contributed by atoms with Crippen LogP contribution in [-0.4, -0.2) is 57.8 Å². The molecule has 2 N–H and O–H groups in total. The third-order valence-corrected chi connectivity index (χ3v) is 3.92. The van der Waals surface area contributed by atoms with Crippen LogP contribution in [0.5, 0.6) is 0 Å². The van der Waals surface area contributed by atoms with Gasteiger partial charge in [0.15, 0.2) is 0 Å². The number of anilines is 1. The fourth-order valence-electron chi connectivity index (χ4n) is 2.63. The molecular formula is C16H18N6O2. The second kappa shape index (κ2) is 6.61. The number of amides is 2. The Morgan fingerprint density at radius 2 is 1.83 bits per heavy atom. The molecule has 8 nitrogen and oxygen atoms in total. The van der Waals surface area contributed by atoms with Crippen LogP contribution in [0, 0.1) is 6.92 Å². The molecule has 0 aromatic carbocycles. The molecule has 1 saturated heterocycles. The van der Waals surface area contributed by atoms with Gasteiger partial charge < -0.3 is 15.5 Å². The monoisotopic (exact) mass is 326 g/mol. The molecule has 1 aliphatic heterocycles. The second-order valence-electron chi connectivity index (χ2n) is 5.56. The van der Waals surface area contributed by atoms with Gasteiger partial charge >= 0.3 is 0 Å². The molecule has 0 unspecified atom stereocenters. The van der Waals surface area contributed by atoms with Crippen LogP contribution in [0.15, 0.2) is 30.7 Å². The molecular weight excluding hydrogens is 308 g/mol. The number of hydrogen-bond donors (Lipinski definition) is 1. The Hall–Kier alpha value is -3.03. The first-order valence-electron chi connectivity index (χ1n) is 7.64. The SMILES string of the molecule is Cc1cnc(C(=O)N2CCN(c3ncccc3C(N)=O)CC2)cn1. The molecule has 0 aliphatic carbocycles. The summed E-state index contributed by atoms with van der Waals surface area (Å²) in [5.41, 5.74) is 6.90. The fourth-order valence-corrected chi connectivity index (χ4v) is 2.63. The number of carbonyl (C=O) groups is 2. The van der Waals surface area contributed by atoms with Crippen LogP contribution in [0.25, 0.3) is 0 Å². The molecule has 2 aromatic heterocycles. The minimum atomic E-state index is -0.508. The van der Waals surface area contributed by atoms with Crippen LogP contribution >= 0.6 is 0 Å². The van der Waals surface area contributed by atoms with Crippen molar-refractivity contribution in [1.82, 2.24) is 19.9 Å². The maximum absolute atomic E-state index is 12.4. The molecule has 2 aromatic rings. The van der Waals surface area contributed by atoms with Crippen LogP contribution in [-0.2, 0) is 0 Å². The van der Waals surface area contributed by atoms with Crippen LogP contribution < -0.4 is 10.6 Å². The number of aromatic nitrogens is 3. The van der Waals surface area contributed by atoms with Gasteiger partial charge in [-0.1, -0.05) is 0 Å². The van der Waals surface area contributed by atoms with Gasteiger partial charge in [0.05, 0.1) is 17.5 Å². The van der Waals surface area contributed by atoms with E-state index in [-0.39, 0.29) is 5.91 Å². The summed E-state index contributed by atoms with van der Waals surface area (Å²) in [5.74, 6) is -0.0861. The van der Waals surface area contributed by atoms with E-state index in [2.05, 4.69) is 15.0 Å². The number of pyridine rings is 1. The second-order valence-corrected chi connectivity index (χ2v) is 5.56. The number of piperazine rings is 1. The van der Waals surface area contributed by atoms with E-state index in [9.17, 15) is 9.59 Å². The number of hydrogen-bond acceptors (Lipinski definition) is 6. The minimum absolute atomic E-state index is 0.140. The Kier molecular flexibility index (Phi) is 4.37.